The van der Waals surface area contributed by atoms with E-state index in [1.807, 2.05) is 0 Å². The van der Waals surface area contributed by atoms with Gasteiger partial charge in [0, 0.05) is 5.38 Å². The van der Waals surface area contributed by atoms with Crippen LogP contribution in [0, 0.1) is 0 Å². The van der Waals surface area contributed by atoms with Crippen LogP contribution in [0.3, 0.4) is 0 Å². The molecule has 0 aliphatic heterocycles. The Morgan fingerprint density at radius 2 is 2.00 bits per heavy atom. The quantitative estimate of drug-likeness (QED) is 0.634. The SMILES string of the molecule is CCOC(=O)c1csc2ncn(CC(=O)Nc3ccccc3C(F)(F)F)c(=O)c12. The number of benzene rings is 1. The number of anilines is 1. The summed E-state index contributed by atoms with van der Waals surface area (Å²) in [5.41, 5.74) is -2.06. The lowest BCUT2D eigenvalue weighted by atomic mass is 10.1. The first kappa shape index (κ1) is 20.5. The van der Waals surface area contributed by atoms with Gasteiger partial charge in [-0.05, 0) is 19.1 Å². The smallest absolute Gasteiger partial charge is 0.418 e. The second-order valence-electron chi connectivity index (χ2n) is 5.82. The van der Waals surface area contributed by atoms with E-state index in [1.165, 1.54) is 17.5 Å². The summed E-state index contributed by atoms with van der Waals surface area (Å²) >= 11 is 1.07. The van der Waals surface area contributed by atoms with Crippen molar-refractivity contribution in [2.24, 2.45) is 0 Å². The molecule has 0 saturated carbocycles. The van der Waals surface area contributed by atoms with Crippen molar-refractivity contribution < 1.29 is 27.5 Å². The largest absolute Gasteiger partial charge is 0.462 e. The maximum Gasteiger partial charge on any atom is 0.418 e. The molecular formula is C18H14F3N3O4S. The van der Waals surface area contributed by atoms with Crippen molar-refractivity contribution >= 4 is 39.1 Å². The number of hydrogen-bond acceptors (Lipinski definition) is 6. The second-order valence-corrected chi connectivity index (χ2v) is 6.68. The van der Waals surface area contributed by atoms with Crippen LogP contribution < -0.4 is 10.9 Å². The summed E-state index contributed by atoms with van der Waals surface area (Å²) in [4.78, 5) is 41.3. The fourth-order valence-corrected chi connectivity index (χ4v) is 3.49. The summed E-state index contributed by atoms with van der Waals surface area (Å²) in [6.45, 7) is 1.16. The Labute approximate surface area is 165 Å². The highest BCUT2D eigenvalue weighted by Gasteiger charge is 2.33. The first-order valence-corrected chi connectivity index (χ1v) is 9.20. The van der Waals surface area contributed by atoms with Crippen molar-refractivity contribution in [2.45, 2.75) is 19.6 Å². The molecule has 0 spiro atoms. The summed E-state index contributed by atoms with van der Waals surface area (Å²) in [5.74, 6) is -1.54. The number of thiophene rings is 1. The van der Waals surface area contributed by atoms with E-state index in [0.29, 0.717) is 0 Å². The summed E-state index contributed by atoms with van der Waals surface area (Å²) < 4.78 is 45.0. The van der Waals surface area contributed by atoms with Crippen molar-refractivity contribution in [2.75, 3.05) is 11.9 Å². The molecule has 0 fully saturated rings. The van der Waals surface area contributed by atoms with Gasteiger partial charge >= 0.3 is 12.1 Å². The Balaban J connectivity index is 1.89. The Hall–Kier alpha value is -3.21. The van der Waals surface area contributed by atoms with Gasteiger partial charge in [-0.3, -0.25) is 14.2 Å². The lowest BCUT2D eigenvalue weighted by Gasteiger charge is -2.14. The Morgan fingerprint density at radius 1 is 1.28 bits per heavy atom. The normalized spacial score (nSPS) is 11.4. The molecule has 3 aromatic rings. The monoisotopic (exact) mass is 425 g/mol. The molecule has 0 saturated heterocycles. The maximum atomic E-state index is 13.1. The van der Waals surface area contributed by atoms with Gasteiger partial charge in [0.05, 0.1) is 35.1 Å². The average Bonchev–Trinajstić information content (AvgIpc) is 3.09. The van der Waals surface area contributed by atoms with Crippen LogP contribution in [0.4, 0.5) is 18.9 Å². The van der Waals surface area contributed by atoms with Crippen molar-refractivity contribution in [3.05, 3.63) is 57.5 Å². The average molecular weight is 425 g/mol. The molecule has 0 unspecified atom stereocenters. The highest BCUT2D eigenvalue weighted by atomic mass is 32.1. The first-order chi connectivity index (χ1) is 13.7. The molecule has 0 aliphatic rings. The third kappa shape index (κ3) is 4.29. The lowest BCUT2D eigenvalue weighted by Crippen LogP contribution is -2.29. The van der Waals surface area contributed by atoms with E-state index in [0.717, 1.165) is 34.4 Å². The third-order valence-corrected chi connectivity index (χ3v) is 4.76. The maximum absolute atomic E-state index is 13.1. The van der Waals surface area contributed by atoms with E-state index in [-0.39, 0.29) is 22.4 Å². The summed E-state index contributed by atoms with van der Waals surface area (Å²) in [7, 11) is 0. The zero-order valence-corrected chi connectivity index (χ0v) is 15.8. The van der Waals surface area contributed by atoms with Crippen LogP contribution in [-0.2, 0) is 22.3 Å². The van der Waals surface area contributed by atoms with Crippen molar-refractivity contribution in [1.29, 1.82) is 0 Å². The van der Waals surface area contributed by atoms with Gasteiger partial charge in [0.2, 0.25) is 5.91 Å². The van der Waals surface area contributed by atoms with Crippen molar-refractivity contribution in [3.8, 4) is 0 Å². The number of ether oxygens (including phenoxy) is 1. The van der Waals surface area contributed by atoms with Crippen LogP contribution in [0.15, 0.2) is 40.8 Å². The Kier molecular flexibility index (Phi) is 5.69. The van der Waals surface area contributed by atoms with Crippen LogP contribution in [0.1, 0.15) is 22.8 Å². The number of aromatic nitrogens is 2. The molecule has 1 amide bonds. The number of halogens is 3. The van der Waals surface area contributed by atoms with Crippen LogP contribution in [0.5, 0.6) is 0 Å². The molecule has 152 valence electrons. The number of hydrogen-bond donors (Lipinski definition) is 1. The van der Waals surface area contributed by atoms with E-state index < -0.39 is 41.4 Å². The topological polar surface area (TPSA) is 90.3 Å². The Bertz CT molecular complexity index is 1140. The number of amides is 1. The first-order valence-electron chi connectivity index (χ1n) is 8.32. The van der Waals surface area contributed by atoms with E-state index in [2.05, 4.69) is 10.3 Å². The molecule has 11 heteroatoms. The third-order valence-electron chi connectivity index (χ3n) is 3.88. The van der Waals surface area contributed by atoms with Crippen molar-refractivity contribution in [1.82, 2.24) is 9.55 Å². The summed E-state index contributed by atoms with van der Waals surface area (Å²) in [5, 5.41) is 3.59. The summed E-state index contributed by atoms with van der Waals surface area (Å²) in [6, 6.07) is 4.50. The molecule has 2 aromatic heterocycles. The van der Waals surface area contributed by atoms with Gasteiger partial charge in [0.1, 0.15) is 11.4 Å². The fourth-order valence-electron chi connectivity index (χ4n) is 2.62. The molecule has 0 atom stereocenters. The summed E-state index contributed by atoms with van der Waals surface area (Å²) in [6.07, 6.45) is -3.54. The van der Waals surface area contributed by atoms with Crippen LogP contribution in [-0.4, -0.2) is 28.0 Å². The van der Waals surface area contributed by atoms with Gasteiger partial charge in [-0.15, -0.1) is 11.3 Å². The van der Waals surface area contributed by atoms with E-state index in [9.17, 15) is 27.6 Å². The van der Waals surface area contributed by atoms with Gasteiger partial charge in [0.25, 0.3) is 5.56 Å². The number of nitrogens with zero attached hydrogens (tertiary/aromatic N) is 2. The minimum Gasteiger partial charge on any atom is -0.462 e. The molecule has 0 bridgehead atoms. The van der Waals surface area contributed by atoms with Gasteiger partial charge in [0.15, 0.2) is 0 Å². The highest BCUT2D eigenvalue weighted by Crippen LogP contribution is 2.34. The number of para-hydroxylation sites is 1. The fraction of sp³-hybridized carbons (Fsp3) is 0.222. The van der Waals surface area contributed by atoms with Gasteiger partial charge < -0.3 is 10.1 Å². The van der Waals surface area contributed by atoms with Crippen molar-refractivity contribution in [3.63, 3.8) is 0 Å². The molecule has 1 N–H and O–H groups in total. The van der Waals surface area contributed by atoms with Gasteiger partial charge in [-0.25, -0.2) is 9.78 Å². The molecule has 29 heavy (non-hydrogen) atoms. The molecule has 0 aliphatic carbocycles. The standard InChI is InChI=1S/C18H14F3N3O4S/c1-2-28-17(27)10-8-29-15-14(10)16(26)24(9-22-15)7-13(25)23-12-6-4-3-5-11(12)18(19,20)21/h3-6,8-9H,2,7H2,1H3,(H,23,25). The van der Waals surface area contributed by atoms with Crippen LogP contribution >= 0.6 is 11.3 Å². The van der Waals surface area contributed by atoms with E-state index in [1.54, 1.807) is 6.92 Å². The number of alkyl halides is 3. The number of fused-ring (bicyclic) bond motifs is 1. The van der Waals surface area contributed by atoms with Gasteiger partial charge in [-0.1, -0.05) is 12.1 Å². The zero-order valence-electron chi connectivity index (χ0n) is 14.9. The lowest BCUT2D eigenvalue weighted by molar-refractivity contribution is -0.137. The van der Waals surface area contributed by atoms with E-state index in [4.69, 9.17) is 4.74 Å². The number of rotatable bonds is 5. The minimum atomic E-state index is -4.65. The molecule has 0 radical (unpaired) electrons. The van der Waals surface area contributed by atoms with E-state index >= 15 is 0 Å². The molecule has 7 nitrogen and oxygen atoms in total. The molecule has 2 heterocycles. The number of carbonyl (C=O) groups is 2. The number of esters is 1. The predicted octanol–water partition coefficient (Wildman–Crippen LogP) is 3.29. The molecule has 1 aromatic carbocycles. The minimum absolute atomic E-state index is 0.000517. The van der Waals surface area contributed by atoms with Gasteiger partial charge in [-0.2, -0.15) is 13.2 Å². The van der Waals surface area contributed by atoms with Crippen LogP contribution in [0.25, 0.3) is 10.2 Å². The zero-order chi connectivity index (χ0) is 21.2. The van der Waals surface area contributed by atoms with Crippen LogP contribution in [0.2, 0.25) is 0 Å². The number of nitrogens with one attached hydrogen (secondary N) is 1. The molecular weight excluding hydrogens is 411 g/mol. The molecule has 3 rings (SSSR count). The number of carbonyl (C=O) groups excluding carboxylic acids is 2. The Morgan fingerprint density at radius 3 is 2.69 bits per heavy atom. The second kappa shape index (κ2) is 8.03. The highest BCUT2D eigenvalue weighted by molar-refractivity contribution is 7.17. The predicted molar refractivity (Wildman–Crippen MR) is 99.9 cm³/mol.